The highest BCUT2D eigenvalue weighted by atomic mass is 14.6. The molecule has 1 heteroatoms. The molecule has 16 heavy (non-hydrogen) atoms. The van der Waals surface area contributed by atoms with Gasteiger partial charge in [-0.25, -0.2) is 0 Å². The van der Waals surface area contributed by atoms with Crippen LogP contribution in [0.4, 0.5) is 0 Å². The summed E-state index contributed by atoms with van der Waals surface area (Å²) < 4.78 is 0. The molecule has 0 spiro atoms. The van der Waals surface area contributed by atoms with Crippen LogP contribution in [0.25, 0.3) is 11.1 Å². The quantitative estimate of drug-likeness (QED) is 0.690. The highest BCUT2D eigenvalue weighted by Gasteiger charge is 2.12. The van der Waals surface area contributed by atoms with Crippen LogP contribution in [0.15, 0.2) is 54.9 Å². The largest absolute Gasteiger partial charge is 0.264 e. The van der Waals surface area contributed by atoms with Crippen molar-refractivity contribution in [1.29, 1.82) is 0 Å². The third-order valence-corrected chi connectivity index (χ3v) is 2.63. The van der Waals surface area contributed by atoms with E-state index in [2.05, 4.69) is 30.1 Å². The van der Waals surface area contributed by atoms with Crippen molar-refractivity contribution in [3.8, 4) is 11.1 Å². The van der Waals surface area contributed by atoms with E-state index in [1.807, 2.05) is 30.5 Å². The fourth-order valence-electron chi connectivity index (χ4n) is 1.33. The van der Waals surface area contributed by atoms with Gasteiger partial charge < -0.3 is 0 Å². The Morgan fingerprint density at radius 1 is 0.938 bits per heavy atom. The number of pyridine rings is 1. The maximum atomic E-state index is 4.06. The molecule has 1 saturated carbocycles. The predicted octanol–water partition coefficient (Wildman–Crippen LogP) is 4.16. The van der Waals surface area contributed by atoms with E-state index in [0.717, 1.165) is 11.5 Å². The minimum Gasteiger partial charge on any atom is -0.264 e. The maximum absolute atomic E-state index is 4.06. The van der Waals surface area contributed by atoms with Gasteiger partial charge in [-0.1, -0.05) is 56.2 Å². The second kappa shape index (κ2) is 5.45. The molecule has 0 saturated heterocycles. The lowest BCUT2D eigenvalue weighted by Gasteiger charge is -1.97. The van der Waals surface area contributed by atoms with Crippen LogP contribution in [-0.2, 0) is 0 Å². The molecule has 1 fully saturated rings. The lowest BCUT2D eigenvalue weighted by Crippen LogP contribution is -1.76. The van der Waals surface area contributed by atoms with E-state index in [1.54, 1.807) is 6.20 Å². The minimum absolute atomic E-state index is 1.08. The van der Waals surface area contributed by atoms with Gasteiger partial charge in [-0.05, 0) is 23.1 Å². The van der Waals surface area contributed by atoms with Crippen LogP contribution < -0.4 is 0 Å². The fraction of sp³-hybridized carbons (Fsp3) is 0.267. The molecule has 0 radical (unpaired) electrons. The molecule has 0 unspecified atom stereocenters. The summed E-state index contributed by atoms with van der Waals surface area (Å²) in [5, 5.41) is 0. The van der Waals surface area contributed by atoms with E-state index < -0.39 is 0 Å². The number of hydrogen-bond acceptors (Lipinski definition) is 1. The van der Waals surface area contributed by atoms with Gasteiger partial charge in [0.25, 0.3) is 0 Å². The highest BCUT2D eigenvalue weighted by Crippen LogP contribution is 2.26. The first-order chi connectivity index (χ1) is 7.86. The summed E-state index contributed by atoms with van der Waals surface area (Å²) in [6.45, 7) is 2.28. The summed E-state index contributed by atoms with van der Waals surface area (Å²) in [6, 6.07) is 14.2. The lowest BCUT2D eigenvalue weighted by molar-refractivity contribution is 0.983. The monoisotopic (exact) mass is 211 g/mol. The third kappa shape index (κ3) is 3.50. The van der Waals surface area contributed by atoms with Gasteiger partial charge in [0.1, 0.15) is 0 Å². The summed E-state index contributed by atoms with van der Waals surface area (Å²) in [4.78, 5) is 4.06. The second-order valence-corrected chi connectivity index (χ2v) is 4.29. The summed E-state index contributed by atoms with van der Waals surface area (Å²) >= 11 is 0. The molecular formula is C15H17N. The van der Waals surface area contributed by atoms with E-state index in [0.29, 0.717) is 0 Å². The van der Waals surface area contributed by atoms with Crippen molar-refractivity contribution >= 4 is 0 Å². The van der Waals surface area contributed by atoms with Gasteiger partial charge in [0.2, 0.25) is 0 Å². The maximum Gasteiger partial charge on any atom is 0.0346 e. The van der Waals surface area contributed by atoms with Crippen LogP contribution in [0.1, 0.15) is 19.8 Å². The van der Waals surface area contributed by atoms with Crippen molar-refractivity contribution in [3.63, 3.8) is 0 Å². The summed E-state index contributed by atoms with van der Waals surface area (Å²) in [5.74, 6) is 1.08. The average Bonchev–Trinajstić information content (AvgIpc) is 3.15. The minimum atomic E-state index is 1.08. The zero-order valence-electron chi connectivity index (χ0n) is 9.63. The highest BCUT2D eigenvalue weighted by molar-refractivity contribution is 5.61. The first-order valence-corrected chi connectivity index (χ1v) is 5.81. The van der Waals surface area contributed by atoms with Gasteiger partial charge in [0.15, 0.2) is 0 Å². The SMILES string of the molecule is CC1CC1.c1ccc(-c2cccnc2)cc1. The molecule has 3 rings (SSSR count). The first-order valence-electron chi connectivity index (χ1n) is 5.81. The van der Waals surface area contributed by atoms with Gasteiger partial charge in [0, 0.05) is 12.4 Å². The number of rotatable bonds is 1. The summed E-state index contributed by atoms with van der Waals surface area (Å²) in [7, 11) is 0. The van der Waals surface area contributed by atoms with Crippen molar-refractivity contribution in [2.24, 2.45) is 5.92 Å². The Balaban J connectivity index is 0.000000203. The number of aromatic nitrogens is 1. The Morgan fingerprint density at radius 2 is 1.56 bits per heavy atom. The van der Waals surface area contributed by atoms with Gasteiger partial charge >= 0.3 is 0 Å². The Morgan fingerprint density at radius 3 is 2.06 bits per heavy atom. The van der Waals surface area contributed by atoms with Crippen molar-refractivity contribution in [3.05, 3.63) is 54.9 Å². The summed E-state index contributed by atoms with van der Waals surface area (Å²) in [5.41, 5.74) is 2.38. The molecule has 2 aromatic rings. The van der Waals surface area contributed by atoms with Crippen LogP contribution in [-0.4, -0.2) is 4.98 Å². The van der Waals surface area contributed by atoms with E-state index in [1.165, 1.54) is 18.4 Å². The molecule has 1 aliphatic carbocycles. The Hall–Kier alpha value is -1.63. The number of hydrogen-bond donors (Lipinski definition) is 0. The van der Waals surface area contributed by atoms with Crippen LogP contribution in [0.5, 0.6) is 0 Å². The van der Waals surface area contributed by atoms with Gasteiger partial charge in [0.05, 0.1) is 0 Å². The second-order valence-electron chi connectivity index (χ2n) is 4.29. The van der Waals surface area contributed by atoms with E-state index in [4.69, 9.17) is 0 Å². The molecule has 0 bridgehead atoms. The molecule has 1 aromatic carbocycles. The average molecular weight is 211 g/mol. The van der Waals surface area contributed by atoms with Gasteiger partial charge in [-0.15, -0.1) is 0 Å². The molecule has 0 N–H and O–H groups in total. The van der Waals surface area contributed by atoms with Gasteiger partial charge in [-0.3, -0.25) is 4.98 Å². The van der Waals surface area contributed by atoms with Crippen LogP contribution >= 0.6 is 0 Å². The molecule has 1 aliphatic rings. The third-order valence-electron chi connectivity index (χ3n) is 2.63. The van der Waals surface area contributed by atoms with Crippen LogP contribution in [0.2, 0.25) is 0 Å². The predicted molar refractivity (Wildman–Crippen MR) is 68.1 cm³/mol. The molecular weight excluding hydrogens is 194 g/mol. The number of nitrogens with zero attached hydrogens (tertiary/aromatic N) is 1. The fourth-order valence-corrected chi connectivity index (χ4v) is 1.33. The molecule has 1 heterocycles. The number of benzene rings is 1. The summed E-state index contributed by atoms with van der Waals surface area (Å²) in [6.07, 6.45) is 6.63. The normalized spacial score (nSPS) is 13.8. The molecule has 1 nitrogen and oxygen atoms in total. The first kappa shape index (κ1) is 10.9. The van der Waals surface area contributed by atoms with E-state index in [-0.39, 0.29) is 0 Å². The van der Waals surface area contributed by atoms with E-state index >= 15 is 0 Å². The topological polar surface area (TPSA) is 12.9 Å². The van der Waals surface area contributed by atoms with Crippen LogP contribution in [0, 0.1) is 5.92 Å². The zero-order chi connectivity index (χ0) is 11.2. The Bertz CT molecular complexity index is 366. The Kier molecular flexibility index (Phi) is 3.71. The lowest BCUT2D eigenvalue weighted by atomic mass is 10.1. The Labute approximate surface area is 97.2 Å². The van der Waals surface area contributed by atoms with Crippen molar-refractivity contribution in [1.82, 2.24) is 4.98 Å². The van der Waals surface area contributed by atoms with Crippen LogP contribution in [0.3, 0.4) is 0 Å². The molecule has 0 amide bonds. The smallest absolute Gasteiger partial charge is 0.0346 e. The molecule has 0 aliphatic heterocycles. The zero-order valence-corrected chi connectivity index (χ0v) is 9.63. The molecule has 0 atom stereocenters. The van der Waals surface area contributed by atoms with Crippen molar-refractivity contribution < 1.29 is 0 Å². The molecule has 82 valence electrons. The van der Waals surface area contributed by atoms with Crippen molar-refractivity contribution in [2.75, 3.05) is 0 Å². The van der Waals surface area contributed by atoms with Gasteiger partial charge in [-0.2, -0.15) is 0 Å². The van der Waals surface area contributed by atoms with E-state index in [9.17, 15) is 0 Å². The molecule has 1 aromatic heterocycles. The standard InChI is InChI=1S/C11H9N.C4H8/c1-2-5-10(6-3-1)11-7-4-8-12-9-11;1-4-2-3-4/h1-9H;4H,2-3H2,1H3. The van der Waals surface area contributed by atoms with Crippen molar-refractivity contribution in [2.45, 2.75) is 19.8 Å².